The van der Waals surface area contributed by atoms with Crippen LogP contribution in [-0.2, 0) is 47.8 Å². The van der Waals surface area contributed by atoms with E-state index in [0.29, 0.717) is 19.3 Å². The van der Waals surface area contributed by atoms with Crippen LogP contribution in [0.4, 0.5) is 0 Å². The number of hydrogen-bond acceptors (Lipinski definition) is 11. The third-order valence-electron chi connectivity index (χ3n) is 8.91. The fraction of sp³-hybridized carbons (Fsp3) is 0.821. The monoisotopic (exact) mass is 798 g/mol. The largest absolute Gasteiger partial charge is 0.467 e. The van der Waals surface area contributed by atoms with Gasteiger partial charge in [0.1, 0.15) is 29.7 Å². The molecule has 1 aliphatic rings. The Balaban J connectivity index is 3.48. The molecule has 0 radical (unpaired) electrons. The van der Waals surface area contributed by atoms with E-state index < -0.39 is 83.2 Å². The topological polar surface area (TPSA) is 245 Å². The number of ether oxygens (including phenoxy) is 3. The van der Waals surface area contributed by atoms with Gasteiger partial charge in [0, 0.05) is 13.2 Å². The van der Waals surface area contributed by atoms with Gasteiger partial charge >= 0.3 is 5.97 Å². The highest BCUT2D eigenvalue weighted by molar-refractivity contribution is 5.98. The summed E-state index contributed by atoms with van der Waals surface area (Å²) < 4.78 is 16.4. The minimum Gasteiger partial charge on any atom is -0.467 e. The van der Waals surface area contributed by atoms with Crippen LogP contribution >= 0.6 is 0 Å². The quantitative estimate of drug-likeness (QED) is 0.129. The summed E-state index contributed by atoms with van der Waals surface area (Å²) >= 11 is 0. The second kappa shape index (κ2) is 24.7. The summed E-state index contributed by atoms with van der Waals surface area (Å²) in [5.74, 6) is -4.44. The summed E-state index contributed by atoms with van der Waals surface area (Å²) in [7, 11) is 1.19. The van der Waals surface area contributed by atoms with Gasteiger partial charge in [0.2, 0.25) is 35.4 Å². The number of hydrogen-bond donors (Lipinski definition) is 7. The van der Waals surface area contributed by atoms with E-state index in [9.17, 15) is 33.6 Å². The third-order valence-corrected chi connectivity index (χ3v) is 8.91. The van der Waals surface area contributed by atoms with Crippen LogP contribution in [0.3, 0.4) is 0 Å². The highest BCUT2D eigenvalue weighted by Crippen LogP contribution is 2.13. The van der Waals surface area contributed by atoms with Crippen molar-refractivity contribution in [3.8, 4) is 0 Å². The van der Waals surface area contributed by atoms with E-state index in [-0.39, 0.29) is 69.4 Å². The van der Waals surface area contributed by atoms with Crippen LogP contribution in [0.5, 0.6) is 0 Å². The first kappa shape index (κ1) is 50.2. The van der Waals surface area contributed by atoms with Gasteiger partial charge in [-0.1, -0.05) is 55.4 Å². The number of amides is 6. The maximum Gasteiger partial charge on any atom is 0.330 e. The molecule has 56 heavy (non-hydrogen) atoms. The molecule has 1 saturated heterocycles. The average molecular weight is 798 g/mol. The predicted octanol–water partition coefficient (Wildman–Crippen LogP) is 0.817. The van der Waals surface area contributed by atoms with E-state index in [1.165, 1.54) is 21.0 Å². The molecule has 1 heterocycles. The van der Waals surface area contributed by atoms with Crippen molar-refractivity contribution in [3.05, 3.63) is 0 Å². The summed E-state index contributed by atoms with van der Waals surface area (Å²) in [5.41, 5.74) is 4.50. The molecule has 3 unspecified atom stereocenters. The molecule has 6 atom stereocenters. The Morgan fingerprint density at radius 2 is 1.27 bits per heavy atom. The second-order valence-corrected chi connectivity index (χ2v) is 16.9. The van der Waals surface area contributed by atoms with Gasteiger partial charge in [0.15, 0.2) is 6.04 Å². The van der Waals surface area contributed by atoms with Gasteiger partial charge in [-0.3, -0.25) is 28.8 Å². The summed E-state index contributed by atoms with van der Waals surface area (Å²) in [6, 6.07) is -6.41. The molecule has 17 heteroatoms. The number of carbonyl (C=O) groups is 7. The Morgan fingerprint density at radius 1 is 0.750 bits per heavy atom. The van der Waals surface area contributed by atoms with Crippen molar-refractivity contribution in [2.75, 3.05) is 33.5 Å². The number of nitrogens with one attached hydrogen (secondary N) is 6. The molecule has 322 valence electrons. The van der Waals surface area contributed by atoms with Crippen LogP contribution in [0.1, 0.15) is 108 Å². The van der Waals surface area contributed by atoms with Gasteiger partial charge in [-0.25, -0.2) is 4.79 Å². The zero-order chi connectivity index (χ0) is 42.7. The van der Waals surface area contributed by atoms with E-state index in [4.69, 9.17) is 19.9 Å². The molecule has 0 aromatic rings. The van der Waals surface area contributed by atoms with Crippen molar-refractivity contribution >= 4 is 41.4 Å². The van der Waals surface area contributed by atoms with Gasteiger partial charge < -0.3 is 51.8 Å². The molecule has 0 bridgehead atoms. The molecule has 0 spiro atoms. The van der Waals surface area contributed by atoms with Crippen LogP contribution in [0.25, 0.3) is 0 Å². The molecule has 0 saturated carbocycles. The number of rotatable bonds is 13. The lowest BCUT2D eigenvalue weighted by Crippen LogP contribution is -2.64. The van der Waals surface area contributed by atoms with Crippen LogP contribution < -0.4 is 37.6 Å². The van der Waals surface area contributed by atoms with Crippen molar-refractivity contribution in [1.82, 2.24) is 31.9 Å². The van der Waals surface area contributed by atoms with Crippen LogP contribution in [0, 0.1) is 23.7 Å². The summed E-state index contributed by atoms with van der Waals surface area (Å²) in [6.45, 7) is 18.0. The first-order chi connectivity index (χ1) is 26.1. The lowest BCUT2D eigenvalue weighted by atomic mass is 9.98. The SMILES string of the molecule is COC(=O)C1COCCCCOCC(NC(=O)[C@H](CC(C)C)NC(=O)[C@@H](N)CC(C)C)C(=O)NC(C)(C)C(=O)N[C@@H](CC(C)C)C(=O)NC(CC(C)C)C(=O)N1. The van der Waals surface area contributed by atoms with Crippen LogP contribution in [0.2, 0.25) is 0 Å². The van der Waals surface area contributed by atoms with Crippen molar-refractivity contribution in [2.45, 2.75) is 150 Å². The highest BCUT2D eigenvalue weighted by atomic mass is 16.5. The van der Waals surface area contributed by atoms with Crippen molar-refractivity contribution < 1.29 is 47.8 Å². The van der Waals surface area contributed by atoms with Gasteiger partial charge in [-0.15, -0.1) is 0 Å². The number of nitrogens with two attached hydrogens (primary N) is 1. The summed E-state index contributed by atoms with van der Waals surface area (Å²) in [5, 5.41) is 16.3. The first-order valence-electron chi connectivity index (χ1n) is 19.9. The fourth-order valence-corrected chi connectivity index (χ4v) is 5.91. The minimum absolute atomic E-state index is 0.00109. The van der Waals surface area contributed by atoms with E-state index in [0.717, 1.165) is 0 Å². The summed E-state index contributed by atoms with van der Waals surface area (Å²) in [4.78, 5) is 94.2. The van der Waals surface area contributed by atoms with Gasteiger partial charge in [0.05, 0.1) is 26.4 Å². The minimum atomic E-state index is -1.59. The van der Waals surface area contributed by atoms with E-state index in [1.54, 1.807) is 0 Å². The van der Waals surface area contributed by atoms with E-state index in [2.05, 4.69) is 31.9 Å². The maximum atomic E-state index is 13.9. The Morgan fingerprint density at radius 3 is 1.79 bits per heavy atom. The molecule has 0 aromatic heterocycles. The number of esters is 1. The fourth-order valence-electron chi connectivity index (χ4n) is 5.91. The smallest absolute Gasteiger partial charge is 0.330 e. The lowest BCUT2D eigenvalue weighted by Gasteiger charge is -2.31. The Bertz CT molecular complexity index is 1310. The molecule has 1 aliphatic heterocycles. The predicted molar refractivity (Wildman–Crippen MR) is 211 cm³/mol. The van der Waals surface area contributed by atoms with Crippen molar-refractivity contribution in [1.29, 1.82) is 0 Å². The van der Waals surface area contributed by atoms with Crippen molar-refractivity contribution in [3.63, 3.8) is 0 Å². The molecule has 1 rings (SSSR count). The number of methoxy groups -OCH3 is 1. The Hall–Kier alpha value is -3.83. The molecule has 0 aromatic carbocycles. The molecule has 6 amide bonds. The van der Waals surface area contributed by atoms with Gasteiger partial charge in [-0.05, 0) is 76.0 Å². The maximum absolute atomic E-state index is 13.9. The van der Waals surface area contributed by atoms with Gasteiger partial charge in [-0.2, -0.15) is 0 Å². The molecule has 17 nitrogen and oxygen atoms in total. The Labute approximate surface area is 333 Å². The third kappa shape index (κ3) is 18.9. The van der Waals surface area contributed by atoms with E-state index >= 15 is 0 Å². The highest BCUT2D eigenvalue weighted by Gasteiger charge is 2.37. The first-order valence-corrected chi connectivity index (χ1v) is 19.9. The lowest BCUT2D eigenvalue weighted by molar-refractivity contribution is -0.147. The van der Waals surface area contributed by atoms with Crippen LogP contribution in [-0.4, -0.2) is 117 Å². The average Bonchev–Trinajstić information content (AvgIpc) is 3.08. The van der Waals surface area contributed by atoms with Crippen LogP contribution in [0.15, 0.2) is 0 Å². The Kier molecular flexibility index (Phi) is 22.2. The second-order valence-electron chi connectivity index (χ2n) is 16.9. The van der Waals surface area contributed by atoms with Crippen molar-refractivity contribution in [2.24, 2.45) is 29.4 Å². The zero-order valence-corrected chi connectivity index (χ0v) is 35.5. The molecule has 8 N–H and O–H groups in total. The standard InChI is InChI=1S/C39H71N7O10/c1-22(2)16-26(40)32(47)41-27(17-23(3)4)33(48)43-30-20-55-14-12-13-15-56-21-31(37(52)54-11)44-34(49)28(18-24(5)6)42-35(50)29(19-25(7)8)45-38(53)39(9,10)46-36(30)51/h22-31H,12-21,40H2,1-11H3,(H,41,47)(H,42,50)(H,43,48)(H,44,49)(H,45,53)(H,46,51)/t26-,27-,28?,29-,30?,31?/m0/s1. The number of carbonyl (C=O) groups excluding carboxylic acids is 7. The molecule has 1 fully saturated rings. The molecular weight excluding hydrogens is 726 g/mol. The van der Waals surface area contributed by atoms with Gasteiger partial charge in [0.25, 0.3) is 0 Å². The van der Waals surface area contributed by atoms with E-state index in [1.807, 2.05) is 55.4 Å². The normalized spacial score (nSPS) is 23.6. The molecular formula is C39H71N7O10. The molecule has 0 aliphatic carbocycles. The summed E-state index contributed by atoms with van der Waals surface area (Å²) in [6.07, 6.45) is 2.08. The zero-order valence-electron chi connectivity index (χ0n) is 35.5.